The molecule has 2 aromatic heterocycles. The topological polar surface area (TPSA) is 96.0 Å². The maximum absolute atomic E-state index is 12.5. The smallest absolute Gasteiger partial charge is 0.226 e. The summed E-state index contributed by atoms with van der Waals surface area (Å²) in [5, 5.41) is 13.0. The molecule has 1 unspecified atom stereocenters. The fourth-order valence-electron chi connectivity index (χ4n) is 3.27. The van der Waals surface area contributed by atoms with Gasteiger partial charge in [-0.15, -0.1) is 11.3 Å². The molecule has 1 fully saturated rings. The molecule has 8 nitrogen and oxygen atoms in total. The number of H-pyrrole nitrogens is 1. The van der Waals surface area contributed by atoms with E-state index in [4.69, 9.17) is 16.3 Å². The van der Waals surface area contributed by atoms with E-state index in [0.717, 1.165) is 23.7 Å². The first-order valence-corrected chi connectivity index (χ1v) is 10.6. The van der Waals surface area contributed by atoms with E-state index in [1.807, 2.05) is 29.6 Å². The van der Waals surface area contributed by atoms with Crippen LogP contribution in [-0.4, -0.2) is 63.8 Å². The van der Waals surface area contributed by atoms with Crippen LogP contribution >= 0.6 is 22.9 Å². The second kappa shape index (κ2) is 9.45. The monoisotopic (exact) mass is 432 g/mol. The van der Waals surface area contributed by atoms with Gasteiger partial charge in [0.15, 0.2) is 10.8 Å². The lowest BCUT2D eigenvalue weighted by Gasteiger charge is -2.35. The summed E-state index contributed by atoms with van der Waals surface area (Å²) in [5.74, 6) is 0.545. The van der Waals surface area contributed by atoms with E-state index in [2.05, 4.69) is 30.4 Å². The Kier molecular flexibility index (Phi) is 6.50. The molecule has 1 saturated heterocycles. The van der Waals surface area contributed by atoms with Gasteiger partial charge in [-0.1, -0.05) is 23.7 Å². The van der Waals surface area contributed by atoms with Crippen molar-refractivity contribution >= 4 is 28.8 Å². The Morgan fingerprint density at radius 1 is 1.31 bits per heavy atom. The number of nitrogens with one attached hydrogen (secondary N) is 2. The van der Waals surface area contributed by atoms with Crippen molar-refractivity contribution in [2.24, 2.45) is 0 Å². The molecular weight excluding hydrogens is 412 g/mol. The Balaban J connectivity index is 1.38. The third kappa shape index (κ3) is 5.18. The van der Waals surface area contributed by atoms with Crippen molar-refractivity contribution in [2.45, 2.75) is 12.5 Å². The van der Waals surface area contributed by atoms with Gasteiger partial charge in [0.05, 0.1) is 31.4 Å². The molecule has 4 rings (SSSR count). The lowest BCUT2D eigenvalue weighted by atomic mass is 10.0. The highest BCUT2D eigenvalue weighted by atomic mass is 35.5. The molecule has 152 valence electrons. The van der Waals surface area contributed by atoms with Crippen LogP contribution in [0.25, 0.3) is 10.8 Å². The minimum atomic E-state index is -0.0633. The Morgan fingerprint density at radius 3 is 2.83 bits per heavy atom. The first kappa shape index (κ1) is 20.0. The second-order valence-corrected chi connectivity index (χ2v) is 7.97. The van der Waals surface area contributed by atoms with Gasteiger partial charge in [0, 0.05) is 30.0 Å². The molecule has 0 saturated carbocycles. The number of thiazole rings is 1. The minimum Gasteiger partial charge on any atom is -0.379 e. The van der Waals surface area contributed by atoms with Crippen LogP contribution in [0.3, 0.4) is 0 Å². The van der Waals surface area contributed by atoms with E-state index in [1.54, 1.807) is 0 Å². The number of ether oxygens (including phenoxy) is 1. The summed E-state index contributed by atoms with van der Waals surface area (Å²) in [6.45, 7) is 3.56. The Labute approximate surface area is 177 Å². The van der Waals surface area contributed by atoms with Crippen LogP contribution in [0.4, 0.5) is 0 Å². The van der Waals surface area contributed by atoms with E-state index >= 15 is 0 Å². The van der Waals surface area contributed by atoms with Gasteiger partial charge in [-0.2, -0.15) is 5.10 Å². The number of carbonyl (C=O) groups excluding carboxylic acids is 1. The summed E-state index contributed by atoms with van der Waals surface area (Å²) in [6.07, 6.45) is 1.66. The number of nitrogens with zero attached hydrogens (tertiary/aromatic N) is 4. The van der Waals surface area contributed by atoms with Gasteiger partial charge in [0.1, 0.15) is 6.33 Å². The minimum absolute atomic E-state index is 0.0633. The summed E-state index contributed by atoms with van der Waals surface area (Å²) in [5.41, 5.74) is 1.84. The molecule has 0 spiro atoms. The van der Waals surface area contributed by atoms with Crippen LogP contribution in [0, 0.1) is 0 Å². The van der Waals surface area contributed by atoms with Crippen LogP contribution in [0.2, 0.25) is 5.02 Å². The number of hydrogen-bond donors (Lipinski definition) is 2. The molecule has 0 aliphatic carbocycles. The Hall–Kier alpha value is -2.33. The van der Waals surface area contributed by atoms with Crippen LogP contribution in [-0.2, 0) is 16.0 Å². The van der Waals surface area contributed by atoms with Crippen molar-refractivity contribution in [1.82, 2.24) is 30.4 Å². The lowest BCUT2D eigenvalue weighted by molar-refractivity contribution is -0.120. The molecule has 1 aliphatic heterocycles. The number of rotatable bonds is 7. The van der Waals surface area contributed by atoms with Crippen LogP contribution in [0.5, 0.6) is 0 Å². The molecule has 10 heteroatoms. The molecule has 3 heterocycles. The fraction of sp³-hybridized carbons (Fsp3) is 0.368. The number of aromatic amines is 1. The van der Waals surface area contributed by atoms with E-state index in [9.17, 15) is 4.79 Å². The van der Waals surface area contributed by atoms with Gasteiger partial charge in [-0.3, -0.25) is 14.8 Å². The largest absolute Gasteiger partial charge is 0.379 e. The summed E-state index contributed by atoms with van der Waals surface area (Å²) in [6, 6.07) is 7.86. The molecule has 0 bridgehead atoms. The van der Waals surface area contributed by atoms with Crippen LogP contribution in [0.15, 0.2) is 36.0 Å². The van der Waals surface area contributed by atoms with E-state index in [-0.39, 0.29) is 18.4 Å². The predicted octanol–water partition coefficient (Wildman–Crippen LogP) is 2.31. The number of hydrogen-bond acceptors (Lipinski definition) is 7. The average molecular weight is 433 g/mol. The first-order valence-electron chi connectivity index (χ1n) is 9.33. The maximum atomic E-state index is 12.5. The molecule has 0 radical (unpaired) electrons. The number of morpholine rings is 1. The molecule has 29 heavy (non-hydrogen) atoms. The second-order valence-electron chi connectivity index (χ2n) is 6.67. The van der Waals surface area contributed by atoms with Gasteiger partial charge in [0.2, 0.25) is 5.91 Å². The summed E-state index contributed by atoms with van der Waals surface area (Å²) >= 11 is 7.47. The zero-order chi connectivity index (χ0) is 20.1. The van der Waals surface area contributed by atoms with Gasteiger partial charge in [-0.25, -0.2) is 9.97 Å². The highest BCUT2D eigenvalue weighted by molar-refractivity contribution is 7.13. The highest BCUT2D eigenvalue weighted by Gasteiger charge is 2.23. The predicted molar refractivity (Wildman–Crippen MR) is 111 cm³/mol. The number of benzene rings is 1. The normalized spacial score (nSPS) is 15.9. The van der Waals surface area contributed by atoms with Gasteiger partial charge < -0.3 is 10.1 Å². The fourth-order valence-corrected chi connectivity index (χ4v) is 4.16. The maximum Gasteiger partial charge on any atom is 0.226 e. The average Bonchev–Trinajstić information content (AvgIpc) is 3.42. The Morgan fingerprint density at radius 2 is 2.10 bits per heavy atom. The van der Waals surface area contributed by atoms with Gasteiger partial charge in [0.25, 0.3) is 0 Å². The SMILES string of the molecule is O=C(Cc1csc(-c2ncn[nH]2)n1)NCC(c1ccc(Cl)cc1)N1CCOCC1. The number of halogens is 1. The standard InChI is InChI=1S/C19H21ClN6O2S/c20-14-3-1-13(2-4-14)16(26-5-7-28-8-6-26)10-21-17(27)9-15-11-29-19(24-15)18-22-12-23-25-18/h1-4,11-12,16H,5-10H2,(H,21,27)(H,22,23,25). The van der Waals surface area contributed by atoms with Crippen molar-refractivity contribution < 1.29 is 9.53 Å². The first-order chi connectivity index (χ1) is 14.2. The molecule has 1 atom stereocenters. The molecule has 1 aromatic carbocycles. The van der Waals surface area contributed by atoms with E-state index in [0.29, 0.717) is 36.3 Å². The number of amides is 1. The Bertz CT molecular complexity index is 925. The molecule has 1 amide bonds. The summed E-state index contributed by atoms with van der Waals surface area (Å²) in [4.78, 5) is 23.4. The molecule has 3 aromatic rings. The van der Waals surface area contributed by atoms with Gasteiger partial charge >= 0.3 is 0 Å². The highest BCUT2D eigenvalue weighted by Crippen LogP contribution is 2.23. The zero-order valence-electron chi connectivity index (χ0n) is 15.7. The van der Waals surface area contributed by atoms with Crippen molar-refractivity contribution in [3.8, 4) is 10.8 Å². The quantitative estimate of drug-likeness (QED) is 0.594. The van der Waals surface area contributed by atoms with E-state index in [1.165, 1.54) is 17.7 Å². The number of aromatic nitrogens is 4. The summed E-state index contributed by atoms with van der Waals surface area (Å²) in [7, 11) is 0. The summed E-state index contributed by atoms with van der Waals surface area (Å²) < 4.78 is 5.47. The van der Waals surface area contributed by atoms with Gasteiger partial charge in [-0.05, 0) is 17.7 Å². The lowest BCUT2D eigenvalue weighted by Crippen LogP contribution is -2.44. The molecule has 1 aliphatic rings. The van der Waals surface area contributed by atoms with Crippen molar-refractivity contribution in [2.75, 3.05) is 32.8 Å². The van der Waals surface area contributed by atoms with E-state index < -0.39 is 0 Å². The molecule has 2 N–H and O–H groups in total. The van der Waals surface area contributed by atoms with Crippen LogP contribution in [0.1, 0.15) is 17.3 Å². The molecular formula is C19H21ClN6O2S. The van der Waals surface area contributed by atoms with Crippen molar-refractivity contribution in [1.29, 1.82) is 0 Å². The zero-order valence-corrected chi connectivity index (χ0v) is 17.2. The van der Waals surface area contributed by atoms with Crippen molar-refractivity contribution in [3.05, 3.63) is 52.3 Å². The van der Waals surface area contributed by atoms with Crippen LogP contribution < -0.4 is 5.32 Å². The number of carbonyl (C=O) groups is 1. The third-order valence-corrected chi connectivity index (χ3v) is 5.89. The third-order valence-electron chi connectivity index (χ3n) is 4.74. The van der Waals surface area contributed by atoms with Crippen molar-refractivity contribution in [3.63, 3.8) is 0 Å².